The number of nitro groups is 1. The predicted octanol–water partition coefficient (Wildman–Crippen LogP) is 3.59. The first kappa shape index (κ1) is 20.9. The molecule has 0 saturated carbocycles. The fourth-order valence-corrected chi connectivity index (χ4v) is 3.19. The molecule has 0 aromatic heterocycles. The number of amides is 4. The highest BCUT2D eigenvalue weighted by Gasteiger charge is 2.37. The lowest BCUT2D eigenvalue weighted by Gasteiger charge is -2.26. The second-order valence-corrected chi connectivity index (χ2v) is 6.88. The van der Waals surface area contributed by atoms with Gasteiger partial charge in [-0.15, -0.1) is 0 Å². The predicted molar refractivity (Wildman–Crippen MR) is 112 cm³/mol. The van der Waals surface area contributed by atoms with Crippen LogP contribution in [0.5, 0.6) is 5.75 Å². The van der Waals surface area contributed by atoms with Crippen molar-refractivity contribution in [3.05, 3.63) is 80.8 Å². The molecule has 0 radical (unpaired) electrons. The molecule has 1 N–H and O–H groups in total. The van der Waals surface area contributed by atoms with E-state index in [1.807, 2.05) is 0 Å². The van der Waals surface area contributed by atoms with Gasteiger partial charge in [-0.2, -0.15) is 0 Å². The van der Waals surface area contributed by atoms with Gasteiger partial charge in [0.05, 0.1) is 15.1 Å². The number of nitrogens with one attached hydrogen (secondary N) is 1. The molecule has 2 aromatic rings. The van der Waals surface area contributed by atoms with Gasteiger partial charge < -0.3 is 4.74 Å². The zero-order valence-electron chi connectivity index (χ0n) is 15.3. The molecule has 0 unspecified atom stereocenters. The van der Waals surface area contributed by atoms with Crippen LogP contribution in [-0.4, -0.2) is 29.4 Å². The first-order chi connectivity index (χ1) is 14.3. The SMILES string of the molecule is C=CCOc1ccc(/C=C2\C(=O)NC(=O)N(c3cccc([N+](=O)[O-])c3)C2=O)cc1Br. The van der Waals surface area contributed by atoms with E-state index in [1.165, 1.54) is 24.3 Å². The van der Waals surface area contributed by atoms with Crippen molar-refractivity contribution in [2.45, 2.75) is 0 Å². The number of hydrogen-bond donors (Lipinski definition) is 1. The Kier molecular flexibility index (Phi) is 6.07. The Morgan fingerprint density at radius 3 is 2.63 bits per heavy atom. The van der Waals surface area contributed by atoms with E-state index in [0.717, 1.165) is 6.07 Å². The number of non-ortho nitro benzene ring substituents is 1. The third-order valence-corrected chi connectivity index (χ3v) is 4.64. The highest BCUT2D eigenvalue weighted by atomic mass is 79.9. The molecular formula is C20H14BrN3O6. The second kappa shape index (κ2) is 8.70. The molecule has 1 aliphatic heterocycles. The number of barbiturate groups is 1. The van der Waals surface area contributed by atoms with Gasteiger partial charge in [0.25, 0.3) is 17.5 Å². The quantitative estimate of drug-likeness (QED) is 0.226. The van der Waals surface area contributed by atoms with Crippen LogP contribution in [0.3, 0.4) is 0 Å². The maximum Gasteiger partial charge on any atom is 0.335 e. The second-order valence-electron chi connectivity index (χ2n) is 6.02. The summed E-state index contributed by atoms with van der Waals surface area (Å²) < 4.78 is 6.04. The molecule has 1 heterocycles. The summed E-state index contributed by atoms with van der Waals surface area (Å²) in [5.41, 5.74) is -0.124. The molecule has 0 spiro atoms. The van der Waals surface area contributed by atoms with E-state index in [4.69, 9.17) is 4.74 Å². The number of carbonyl (C=O) groups excluding carboxylic acids is 3. The van der Waals surface area contributed by atoms with Crippen LogP contribution in [0.25, 0.3) is 6.08 Å². The molecule has 1 aliphatic rings. The third-order valence-electron chi connectivity index (χ3n) is 4.02. The highest BCUT2D eigenvalue weighted by molar-refractivity contribution is 9.10. The molecule has 9 nitrogen and oxygen atoms in total. The van der Waals surface area contributed by atoms with Gasteiger partial charge in [0, 0.05) is 12.1 Å². The Labute approximate surface area is 178 Å². The number of halogens is 1. The molecule has 3 rings (SSSR count). The molecular weight excluding hydrogens is 458 g/mol. The molecule has 0 bridgehead atoms. The van der Waals surface area contributed by atoms with Crippen LogP contribution >= 0.6 is 15.9 Å². The number of carbonyl (C=O) groups is 3. The van der Waals surface area contributed by atoms with Crippen molar-refractivity contribution < 1.29 is 24.0 Å². The van der Waals surface area contributed by atoms with E-state index in [1.54, 1.807) is 24.3 Å². The van der Waals surface area contributed by atoms with Crippen LogP contribution in [0.4, 0.5) is 16.2 Å². The topological polar surface area (TPSA) is 119 Å². The fraction of sp³-hybridized carbons (Fsp3) is 0.0500. The number of urea groups is 1. The summed E-state index contributed by atoms with van der Waals surface area (Å²) in [5.74, 6) is -1.22. The standard InChI is InChI=1S/C20H14BrN3O6/c1-2-8-30-17-7-6-12(10-16(17)21)9-15-18(25)22-20(27)23(19(15)26)13-4-3-5-14(11-13)24(28)29/h2-7,9-11H,1,8H2,(H,22,25,27)/b15-9+. The van der Waals surface area contributed by atoms with Gasteiger partial charge in [-0.05, 0) is 45.8 Å². The van der Waals surface area contributed by atoms with E-state index >= 15 is 0 Å². The Hall–Kier alpha value is -3.79. The number of hydrogen-bond acceptors (Lipinski definition) is 6. The molecule has 1 fully saturated rings. The van der Waals surface area contributed by atoms with Crippen LogP contribution in [0, 0.1) is 10.1 Å². The van der Waals surface area contributed by atoms with Gasteiger partial charge in [-0.25, -0.2) is 9.69 Å². The Bertz CT molecular complexity index is 1110. The normalized spacial score (nSPS) is 15.2. The smallest absolute Gasteiger partial charge is 0.335 e. The van der Waals surface area contributed by atoms with Crippen molar-refractivity contribution in [2.24, 2.45) is 0 Å². The minimum absolute atomic E-state index is 0.0283. The lowest BCUT2D eigenvalue weighted by atomic mass is 10.1. The van der Waals surface area contributed by atoms with Crippen LogP contribution in [-0.2, 0) is 9.59 Å². The molecule has 30 heavy (non-hydrogen) atoms. The highest BCUT2D eigenvalue weighted by Crippen LogP contribution is 2.29. The van der Waals surface area contributed by atoms with Crippen molar-refractivity contribution in [3.63, 3.8) is 0 Å². The van der Waals surface area contributed by atoms with Crippen molar-refractivity contribution in [1.82, 2.24) is 5.32 Å². The summed E-state index contributed by atoms with van der Waals surface area (Å²) in [6, 6.07) is 8.93. The number of anilines is 1. The van der Waals surface area contributed by atoms with E-state index in [2.05, 4.69) is 27.8 Å². The van der Waals surface area contributed by atoms with E-state index in [-0.39, 0.29) is 16.9 Å². The minimum atomic E-state index is -0.989. The number of nitrogens with zero attached hydrogens (tertiary/aromatic N) is 2. The van der Waals surface area contributed by atoms with Crippen LogP contribution in [0.15, 0.2) is 65.2 Å². The summed E-state index contributed by atoms with van der Waals surface area (Å²) in [7, 11) is 0. The molecule has 0 aliphatic carbocycles. The molecule has 10 heteroatoms. The van der Waals surface area contributed by atoms with Gasteiger partial charge in [0.1, 0.15) is 17.9 Å². The zero-order chi connectivity index (χ0) is 21.8. The largest absolute Gasteiger partial charge is 0.488 e. The summed E-state index contributed by atoms with van der Waals surface area (Å²) >= 11 is 3.35. The molecule has 0 atom stereocenters. The van der Waals surface area contributed by atoms with Crippen molar-refractivity contribution >= 4 is 51.2 Å². The lowest BCUT2D eigenvalue weighted by molar-refractivity contribution is -0.384. The van der Waals surface area contributed by atoms with Crippen molar-refractivity contribution in [2.75, 3.05) is 11.5 Å². The van der Waals surface area contributed by atoms with Crippen LogP contribution in [0.2, 0.25) is 0 Å². The van der Waals surface area contributed by atoms with Gasteiger partial charge in [0.15, 0.2) is 0 Å². The Morgan fingerprint density at radius 1 is 1.20 bits per heavy atom. The molecule has 4 amide bonds. The summed E-state index contributed by atoms with van der Waals surface area (Å²) in [6.45, 7) is 3.87. The Balaban J connectivity index is 1.96. The van der Waals surface area contributed by atoms with Crippen molar-refractivity contribution in [3.8, 4) is 5.75 Å². The summed E-state index contributed by atoms with van der Waals surface area (Å²) in [5, 5.41) is 13.1. The number of benzene rings is 2. The number of rotatable bonds is 6. The first-order valence-corrected chi connectivity index (χ1v) is 9.30. The molecule has 152 valence electrons. The maximum absolute atomic E-state index is 12.9. The molecule has 1 saturated heterocycles. The van der Waals surface area contributed by atoms with Crippen LogP contribution in [0.1, 0.15) is 5.56 Å². The number of imide groups is 2. The van der Waals surface area contributed by atoms with E-state index < -0.39 is 22.8 Å². The molecule has 2 aromatic carbocycles. The van der Waals surface area contributed by atoms with Gasteiger partial charge in [0.2, 0.25) is 0 Å². The average Bonchev–Trinajstić information content (AvgIpc) is 2.70. The summed E-state index contributed by atoms with van der Waals surface area (Å²) in [4.78, 5) is 48.4. The third kappa shape index (κ3) is 4.28. The summed E-state index contributed by atoms with van der Waals surface area (Å²) in [6.07, 6.45) is 2.91. The maximum atomic E-state index is 12.9. The number of nitro benzene ring substituents is 1. The van der Waals surface area contributed by atoms with Gasteiger partial charge in [-0.3, -0.25) is 25.0 Å². The van der Waals surface area contributed by atoms with Crippen molar-refractivity contribution in [1.29, 1.82) is 0 Å². The van der Waals surface area contributed by atoms with Gasteiger partial charge >= 0.3 is 6.03 Å². The zero-order valence-corrected chi connectivity index (χ0v) is 16.9. The lowest BCUT2D eigenvalue weighted by Crippen LogP contribution is -2.54. The van der Waals surface area contributed by atoms with Crippen LogP contribution < -0.4 is 15.0 Å². The van der Waals surface area contributed by atoms with E-state index in [0.29, 0.717) is 27.3 Å². The minimum Gasteiger partial charge on any atom is -0.488 e. The average molecular weight is 472 g/mol. The Morgan fingerprint density at radius 2 is 1.97 bits per heavy atom. The number of ether oxygens (including phenoxy) is 1. The van der Waals surface area contributed by atoms with E-state index in [9.17, 15) is 24.5 Å². The monoisotopic (exact) mass is 471 g/mol. The van der Waals surface area contributed by atoms with Gasteiger partial charge in [-0.1, -0.05) is 24.8 Å². The first-order valence-electron chi connectivity index (χ1n) is 8.51. The fourth-order valence-electron chi connectivity index (χ4n) is 2.68.